The fraction of sp³-hybridized carbons (Fsp3) is 0.613. The summed E-state index contributed by atoms with van der Waals surface area (Å²) >= 11 is 0. The number of carbonyl (C=O) groups excluding carboxylic acids is 1. The van der Waals surface area contributed by atoms with Crippen molar-refractivity contribution in [1.29, 1.82) is 0 Å². The topological polar surface area (TPSA) is 130 Å². The summed E-state index contributed by atoms with van der Waals surface area (Å²) in [6.07, 6.45) is 8.44. The van der Waals surface area contributed by atoms with E-state index in [4.69, 9.17) is 19.0 Å². The molecule has 10 heteroatoms. The van der Waals surface area contributed by atoms with Crippen LogP contribution in [0.4, 0.5) is 4.79 Å². The highest BCUT2D eigenvalue weighted by Gasteiger charge is 2.65. The lowest BCUT2D eigenvalue weighted by Crippen LogP contribution is -2.69. The first-order valence-corrected chi connectivity index (χ1v) is 14.5. The molecule has 1 aromatic rings. The summed E-state index contributed by atoms with van der Waals surface area (Å²) in [7, 11) is 4.51. The van der Waals surface area contributed by atoms with E-state index < -0.39 is 23.8 Å². The first kappa shape index (κ1) is 30.9. The van der Waals surface area contributed by atoms with Crippen LogP contribution in [0.25, 0.3) is 0 Å². The van der Waals surface area contributed by atoms with Crippen LogP contribution in [0, 0.1) is 17.8 Å². The summed E-state index contributed by atoms with van der Waals surface area (Å²) in [5.74, 6) is -0.899. The molecule has 1 aliphatic heterocycles. The van der Waals surface area contributed by atoms with Gasteiger partial charge in [-0.25, -0.2) is 4.79 Å². The molecule has 3 N–H and O–H groups in total. The van der Waals surface area contributed by atoms with Crippen LogP contribution in [0.15, 0.2) is 47.7 Å². The number of nitrogens with zero attached hydrogens (tertiary/aromatic N) is 2. The maximum absolute atomic E-state index is 12.9. The third-order valence-electron chi connectivity index (χ3n) is 8.79. The molecule has 0 bridgehead atoms. The van der Waals surface area contributed by atoms with Gasteiger partial charge in [0.15, 0.2) is 0 Å². The van der Waals surface area contributed by atoms with Gasteiger partial charge in [-0.15, -0.1) is 6.58 Å². The number of ether oxygens (including phenoxy) is 3. The number of unbranched alkanes of at least 4 members (excludes halogenated alkanes) is 2. The van der Waals surface area contributed by atoms with Gasteiger partial charge in [0.1, 0.15) is 24.7 Å². The molecular formula is C31H44N2O8. The van der Waals surface area contributed by atoms with Gasteiger partial charge >= 0.3 is 6.09 Å². The van der Waals surface area contributed by atoms with Crippen LogP contribution in [0.1, 0.15) is 56.4 Å². The Balaban J connectivity index is 1.99. The first-order chi connectivity index (χ1) is 19.9. The number of aliphatic hydroxyl groups excluding tert-OH is 2. The molecule has 0 spiro atoms. The zero-order valence-corrected chi connectivity index (χ0v) is 24.3. The number of amides is 1. The molecule has 226 valence electrons. The molecule has 6 atom stereocenters. The molecule has 0 aromatic heterocycles. The van der Waals surface area contributed by atoms with Gasteiger partial charge in [-0.05, 0) is 61.3 Å². The van der Waals surface area contributed by atoms with Crippen LogP contribution < -0.4 is 4.74 Å². The van der Waals surface area contributed by atoms with E-state index in [0.29, 0.717) is 30.7 Å². The molecule has 41 heavy (non-hydrogen) atoms. The minimum Gasteiger partial charge on any atom is -0.508 e. The Bertz CT molecular complexity index is 1140. The molecule has 3 aliphatic rings. The van der Waals surface area contributed by atoms with Crippen molar-refractivity contribution < 1.29 is 39.2 Å². The first-order valence-electron chi connectivity index (χ1n) is 14.5. The lowest BCUT2D eigenvalue weighted by molar-refractivity contribution is -0.253. The van der Waals surface area contributed by atoms with E-state index in [-0.39, 0.29) is 43.3 Å². The second kappa shape index (κ2) is 13.7. The highest BCUT2D eigenvalue weighted by Crippen LogP contribution is 2.61. The van der Waals surface area contributed by atoms with Crippen molar-refractivity contribution in [2.45, 2.75) is 62.7 Å². The number of aliphatic hydroxyl groups is 2. The molecule has 1 fully saturated rings. The summed E-state index contributed by atoms with van der Waals surface area (Å²) in [4.78, 5) is 19.8. The number of carbonyl (C=O) groups is 1. The van der Waals surface area contributed by atoms with Gasteiger partial charge in [0, 0.05) is 38.2 Å². The Morgan fingerprint density at radius 2 is 1.93 bits per heavy atom. The Kier molecular flexibility index (Phi) is 10.3. The summed E-state index contributed by atoms with van der Waals surface area (Å²) in [5, 5.41) is 34.2. The van der Waals surface area contributed by atoms with Crippen LogP contribution >= 0.6 is 0 Å². The molecule has 10 nitrogen and oxygen atoms in total. The molecule has 4 rings (SSSR count). The van der Waals surface area contributed by atoms with E-state index in [1.54, 1.807) is 31.3 Å². The third kappa shape index (κ3) is 5.96. The standard InChI is InChI=1S/C31H44N2O8/c1-5-16-40-31-27(33(2)30(37)38-3)19-25(32-39-4)23-17-20(10-6-8-14-34)22(11-7-9-15-35)28(29(23)31)24-18-21(36)12-13-26(24)41-31/h5,12-13,17-18,20,22,27-29,34-36H,1,6-11,14-16,19H2,2-4H3/t20-,22+,27-,28+,29+,31+/m0/s1. The lowest BCUT2D eigenvalue weighted by Gasteiger charge is -2.59. The largest absolute Gasteiger partial charge is 0.508 e. The summed E-state index contributed by atoms with van der Waals surface area (Å²) in [6, 6.07) is 4.50. The number of fused-ring (bicyclic) bond motifs is 2. The van der Waals surface area contributed by atoms with Crippen LogP contribution in [0.5, 0.6) is 11.5 Å². The minimum absolute atomic E-state index is 0.108. The van der Waals surface area contributed by atoms with Crippen LogP contribution in [-0.4, -0.2) is 84.9 Å². The van der Waals surface area contributed by atoms with E-state index in [9.17, 15) is 20.1 Å². The normalized spacial score (nSPS) is 29.0. The third-order valence-corrected chi connectivity index (χ3v) is 8.79. The van der Waals surface area contributed by atoms with E-state index in [1.165, 1.54) is 19.1 Å². The highest BCUT2D eigenvalue weighted by molar-refractivity contribution is 6.02. The fourth-order valence-electron chi connectivity index (χ4n) is 7.12. The number of rotatable bonds is 13. The number of hydrogen-bond donors (Lipinski definition) is 3. The number of benzene rings is 1. The van der Waals surface area contributed by atoms with Crippen molar-refractivity contribution in [3.8, 4) is 11.5 Å². The van der Waals surface area contributed by atoms with Crippen molar-refractivity contribution >= 4 is 11.8 Å². The van der Waals surface area contributed by atoms with Crippen LogP contribution in [0.3, 0.4) is 0 Å². The number of likely N-dealkylation sites (N-methyl/N-ethyl adjacent to an activating group) is 1. The van der Waals surface area contributed by atoms with Crippen molar-refractivity contribution in [2.24, 2.45) is 22.9 Å². The van der Waals surface area contributed by atoms with E-state index in [0.717, 1.165) is 36.8 Å². The number of oxime groups is 1. The number of hydrogen-bond acceptors (Lipinski definition) is 9. The van der Waals surface area contributed by atoms with Crippen LogP contribution in [-0.2, 0) is 14.3 Å². The molecular weight excluding hydrogens is 528 g/mol. The molecule has 2 aliphatic carbocycles. The lowest BCUT2D eigenvalue weighted by atomic mass is 9.55. The predicted octanol–water partition coefficient (Wildman–Crippen LogP) is 4.35. The Morgan fingerprint density at radius 3 is 2.59 bits per heavy atom. The number of phenols is 1. The van der Waals surface area contributed by atoms with Gasteiger partial charge in [-0.1, -0.05) is 30.1 Å². The number of aromatic hydroxyl groups is 1. The fourth-order valence-corrected chi connectivity index (χ4v) is 7.12. The highest BCUT2D eigenvalue weighted by atomic mass is 16.7. The van der Waals surface area contributed by atoms with E-state index in [2.05, 4.69) is 17.8 Å². The zero-order chi connectivity index (χ0) is 29.6. The Hall–Kier alpha value is -3.08. The average Bonchev–Trinajstić information content (AvgIpc) is 2.97. The second-order valence-corrected chi connectivity index (χ2v) is 11.1. The van der Waals surface area contributed by atoms with Gasteiger partial charge in [-0.2, -0.15) is 0 Å². The molecule has 1 amide bonds. The van der Waals surface area contributed by atoms with Gasteiger partial charge in [0.05, 0.1) is 25.3 Å². The molecule has 1 aromatic carbocycles. The zero-order valence-electron chi connectivity index (χ0n) is 24.3. The number of methoxy groups -OCH3 is 1. The van der Waals surface area contributed by atoms with Gasteiger partial charge in [-0.3, -0.25) is 0 Å². The predicted molar refractivity (Wildman–Crippen MR) is 154 cm³/mol. The quantitative estimate of drug-likeness (QED) is 0.181. The monoisotopic (exact) mass is 572 g/mol. The molecule has 0 radical (unpaired) electrons. The molecule has 0 unspecified atom stereocenters. The molecule has 0 saturated heterocycles. The molecule has 1 saturated carbocycles. The Labute approximate surface area is 242 Å². The number of allylic oxidation sites excluding steroid dienone is 1. The summed E-state index contributed by atoms with van der Waals surface area (Å²) in [6.45, 7) is 4.29. The van der Waals surface area contributed by atoms with Gasteiger partial charge in [0.2, 0.25) is 5.79 Å². The molecule has 1 heterocycles. The van der Waals surface area contributed by atoms with Crippen molar-refractivity contribution in [1.82, 2.24) is 4.90 Å². The average molecular weight is 573 g/mol. The summed E-state index contributed by atoms with van der Waals surface area (Å²) in [5.41, 5.74) is 2.52. The van der Waals surface area contributed by atoms with Gasteiger partial charge in [0.25, 0.3) is 0 Å². The van der Waals surface area contributed by atoms with E-state index in [1.807, 2.05) is 0 Å². The van der Waals surface area contributed by atoms with Crippen molar-refractivity contribution in [2.75, 3.05) is 41.1 Å². The minimum atomic E-state index is -1.31. The van der Waals surface area contributed by atoms with Gasteiger partial charge < -0.3 is 39.3 Å². The SMILES string of the molecule is C=CCO[C@@]12Oc3ccc(O)cc3[C@H]3[C@H](CCCCO)[C@@H](CCCCO)C=C(C(=NOC)C[C@@H]1N(C)C(=O)OC)[C@H]32. The number of phenolic OH excluding ortho intramolecular Hbond substituents is 1. The van der Waals surface area contributed by atoms with E-state index >= 15 is 0 Å². The maximum atomic E-state index is 12.9. The summed E-state index contributed by atoms with van der Waals surface area (Å²) < 4.78 is 18.6. The van der Waals surface area contributed by atoms with Crippen molar-refractivity contribution in [3.63, 3.8) is 0 Å². The Morgan fingerprint density at radius 1 is 1.20 bits per heavy atom. The smallest absolute Gasteiger partial charge is 0.409 e. The second-order valence-electron chi connectivity index (χ2n) is 11.1. The van der Waals surface area contributed by atoms with Crippen molar-refractivity contribution in [3.05, 3.63) is 48.1 Å². The maximum Gasteiger partial charge on any atom is 0.409 e. The van der Waals surface area contributed by atoms with Crippen LogP contribution in [0.2, 0.25) is 0 Å².